The third kappa shape index (κ3) is 3.80. The van der Waals surface area contributed by atoms with Gasteiger partial charge in [-0.05, 0) is 51.0 Å². The van der Waals surface area contributed by atoms with Crippen LogP contribution in [0.15, 0.2) is 24.3 Å². The molecule has 2 N–H and O–H groups in total. The molecule has 0 bridgehead atoms. The lowest BCUT2D eigenvalue weighted by atomic mass is 9.90. The Morgan fingerprint density at radius 2 is 1.67 bits per heavy atom. The van der Waals surface area contributed by atoms with Gasteiger partial charge in [0.25, 0.3) is 0 Å². The topological polar surface area (TPSA) is 58.2 Å². The minimum atomic E-state index is -1.17. The van der Waals surface area contributed by atoms with Gasteiger partial charge in [-0.1, -0.05) is 12.8 Å². The Balaban J connectivity index is 1.98. The van der Waals surface area contributed by atoms with Crippen LogP contribution < -0.4 is 10.6 Å². The van der Waals surface area contributed by atoms with E-state index in [-0.39, 0.29) is 17.8 Å². The first-order chi connectivity index (χ1) is 9.89. The number of benzene rings is 1. The molecule has 0 heterocycles. The van der Waals surface area contributed by atoms with E-state index in [1.807, 2.05) is 0 Å². The Hall–Kier alpha value is -1.91. The molecule has 0 saturated heterocycles. The number of halogens is 1. The molecule has 114 valence electrons. The summed E-state index contributed by atoms with van der Waals surface area (Å²) in [6.45, 7) is 3.19. The molecule has 1 aromatic rings. The van der Waals surface area contributed by atoms with Crippen molar-refractivity contribution in [1.82, 2.24) is 5.32 Å². The molecule has 0 aromatic heterocycles. The van der Waals surface area contributed by atoms with Crippen molar-refractivity contribution in [3.05, 3.63) is 30.1 Å². The Labute approximate surface area is 124 Å². The summed E-state index contributed by atoms with van der Waals surface area (Å²) in [7, 11) is 0. The third-order valence-corrected chi connectivity index (χ3v) is 3.93. The van der Waals surface area contributed by atoms with E-state index in [9.17, 15) is 14.0 Å². The predicted molar refractivity (Wildman–Crippen MR) is 79.2 cm³/mol. The molecule has 2 rings (SSSR count). The molecule has 0 aliphatic heterocycles. The van der Waals surface area contributed by atoms with Crippen LogP contribution in [0.1, 0.15) is 39.5 Å². The quantitative estimate of drug-likeness (QED) is 0.838. The zero-order valence-electron chi connectivity index (χ0n) is 12.4. The summed E-state index contributed by atoms with van der Waals surface area (Å²) < 4.78 is 12.8. The Morgan fingerprint density at radius 3 is 2.24 bits per heavy atom. The van der Waals surface area contributed by atoms with Gasteiger partial charge in [0.15, 0.2) is 0 Å². The zero-order valence-corrected chi connectivity index (χ0v) is 12.4. The number of anilines is 1. The monoisotopic (exact) mass is 292 g/mol. The van der Waals surface area contributed by atoms with Crippen LogP contribution in [0.2, 0.25) is 0 Å². The van der Waals surface area contributed by atoms with Crippen LogP contribution in [-0.4, -0.2) is 17.9 Å². The second-order valence-corrected chi connectivity index (χ2v) is 6.04. The zero-order chi connectivity index (χ0) is 15.5. The van der Waals surface area contributed by atoms with Crippen molar-refractivity contribution < 1.29 is 14.0 Å². The van der Waals surface area contributed by atoms with Gasteiger partial charge in [-0.3, -0.25) is 9.59 Å². The maximum Gasteiger partial charge on any atom is 0.239 e. The molecule has 0 atom stereocenters. The molecular weight excluding hydrogens is 271 g/mol. The molecule has 1 aliphatic carbocycles. The fourth-order valence-corrected chi connectivity index (χ4v) is 2.36. The maximum atomic E-state index is 12.8. The average Bonchev–Trinajstić information content (AvgIpc) is 2.94. The van der Waals surface area contributed by atoms with Gasteiger partial charge in [-0.25, -0.2) is 4.39 Å². The summed E-state index contributed by atoms with van der Waals surface area (Å²) >= 11 is 0. The normalized spacial score (nSPS) is 15.8. The van der Waals surface area contributed by atoms with E-state index >= 15 is 0 Å². The number of carbonyl (C=O) groups is 2. The van der Waals surface area contributed by atoms with Crippen molar-refractivity contribution in [1.29, 1.82) is 0 Å². The van der Waals surface area contributed by atoms with E-state index in [2.05, 4.69) is 10.6 Å². The van der Waals surface area contributed by atoms with Crippen molar-refractivity contribution in [3.8, 4) is 0 Å². The summed E-state index contributed by atoms with van der Waals surface area (Å²) in [5.41, 5.74) is -0.695. The molecule has 1 aromatic carbocycles. The summed E-state index contributed by atoms with van der Waals surface area (Å²) in [6.07, 6.45) is 4.18. The van der Waals surface area contributed by atoms with Crippen molar-refractivity contribution in [3.63, 3.8) is 0 Å². The van der Waals surface area contributed by atoms with E-state index in [1.165, 1.54) is 24.3 Å². The molecule has 0 radical (unpaired) electrons. The molecule has 4 nitrogen and oxygen atoms in total. The van der Waals surface area contributed by atoms with Crippen molar-refractivity contribution >= 4 is 17.5 Å². The number of nitrogens with one attached hydrogen (secondary N) is 2. The smallest absolute Gasteiger partial charge is 0.239 e. The van der Waals surface area contributed by atoms with Crippen LogP contribution in [0, 0.1) is 11.2 Å². The Morgan fingerprint density at radius 1 is 1.10 bits per heavy atom. The largest absolute Gasteiger partial charge is 0.352 e. The standard InChI is InChI=1S/C16H21FN2O2/c1-16(2,14(20)18-12-5-3-4-6-12)15(21)19-13-9-7-11(17)8-10-13/h7-10,12H,3-6H2,1-2H3,(H,18,20)(H,19,21). The lowest BCUT2D eigenvalue weighted by molar-refractivity contribution is -0.138. The highest BCUT2D eigenvalue weighted by molar-refractivity contribution is 6.09. The van der Waals surface area contributed by atoms with Crippen LogP contribution in [0.4, 0.5) is 10.1 Å². The van der Waals surface area contributed by atoms with Crippen molar-refractivity contribution in [2.24, 2.45) is 5.41 Å². The van der Waals surface area contributed by atoms with E-state index in [0.717, 1.165) is 25.7 Å². The molecule has 21 heavy (non-hydrogen) atoms. The van der Waals surface area contributed by atoms with Gasteiger partial charge in [0.2, 0.25) is 11.8 Å². The van der Waals surface area contributed by atoms with E-state index in [0.29, 0.717) is 5.69 Å². The highest BCUT2D eigenvalue weighted by Gasteiger charge is 2.37. The fourth-order valence-electron chi connectivity index (χ4n) is 2.36. The van der Waals surface area contributed by atoms with Crippen molar-refractivity contribution in [2.75, 3.05) is 5.32 Å². The second kappa shape index (κ2) is 6.24. The number of rotatable bonds is 4. The van der Waals surface area contributed by atoms with Gasteiger partial charge >= 0.3 is 0 Å². The van der Waals surface area contributed by atoms with Gasteiger partial charge in [-0.2, -0.15) is 0 Å². The minimum absolute atomic E-state index is 0.176. The Kier molecular flexibility index (Phi) is 4.60. The molecule has 0 spiro atoms. The van der Waals surface area contributed by atoms with Crippen molar-refractivity contribution in [2.45, 2.75) is 45.6 Å². The number of hydrogen-bond donors (Lipinski definition) is 2. The molecule has 1 fully saturated rings. The first-order valence-corrected chi connectivity index (χ1v) is 7.27. The number of carbonyl (C=O) groups excluding carboxylic acids is 2. The van der Waals surface area contributed by atoms with Crippen LogP contribution in [0.5, 0.6) is 0 Å². The fraction of sp³-hybridized carbons (Fsp3) is 0.500. The molecule has 5 heteroatoms. The predicted octanol–water partition coefficient (Wildman–Crippen LogP) is 2.85. The lowest BCUT2D eigenvalue weighted by Crippen LogP contribution is -2.47. The maximum absolute atomic E-state index is 12.8. The van der Waals surface area contributed by atoms with Crippen LogP contribution in [0.25, 0.3) is 0 Å². The van der Waals surface area contributed by atoms with E-state index in [1.54, 1.807) is 13.8 Å². The average molecular weight is 292 g/mol. The highest BCUT2D eigenvalue weighted by atomic mass is 19.1. The van der Waals surface area contributed by atoms with Gasteiger partial charge in [0.05, 0.1) is 0 Å². The third-order valence-electron chi connectivity index (χ3n) is 3.93. The summed E-state index contributed by atoms with van der Waals surface area (Å²) in [5.74, 6) is -1.04. The SMILES string of the molecule is CC(C)(C(=O)Nc1ccc(F)cc1)C(=O)NC1CCCC1. The summed E-state index contributed by atoms with van der Waals surface area (Å²) in [5, 5.41) is 5.58. The molecule has 2 amide bonds. The Bertz CT molecular complexity index is 520. The van der Waals surface area contributed by atoms with Crippen LogP contribution >= 0.6 is 0 Å². The first-order valence-electron chi connectivity index (χ1n) is 7.27. The van der Waals surface area contributed by atoms with E-state index in [4.69, 9.17) is 0 Å². The summed E-state index contributed by atoms with van der Waals surface area (Å²) in [6, 6.07) is 5.65. The van der Waals surface area contributed by atoms with Crippen LogP contribution in [0.3, 0.4) is 0 Å². The van der Waals surface area contributed by atoms with E-state index < -0.39 is 11.3 Å². The van der Waals surface area contributed by atoms with Gasteiger partial charge in [-0.15, -0.1) is 0 Å². The molecule has 1 saturated carbocycles. The lowest BCUT2D eigenvalue weighted by Gasteiger charge is -2.25. The van der Waals surface area contributed by atoms with Gasteiger partial charge in [0, 0.05) is 11.7 Å². The van der Waals surface area contributed by atoms with Gasteiger partial charge < -0.3 is 10.6 Å². The first kappa shape index (κ1) is 15.5. The molecular formula is C16H21FN2O2. The second-order valence-electron chi connectivity index (χ2n) is 6.04. The molecule has 1 aliphatic rings. The van der Waals surface area contributed by atoms with Gasteiger partial charge in [0.1, 0.15) is 11.2 Å². The number of hydrogen-bond acceptors (Lipinski definition) is 2. The minimum Gasteiger partial charge on any atom is -0.352 e. The summed E-state index contributed by atoms with van der Waals surface area (Å²) in [4.78, 5) is 24.5. The molecule has 0 unspecified atom stereocenters. The van der Waals surface area contributed by atoms with Crippen LogP contribution in [-0.2, 0) is 9.59 Å². The highest BCUT2D eigenvalue weighted by Crippen LogP contribution is 2.23. The number of amides is 2.